The van der Waals surface area contributed by atoms with Crippen LogP contribution in [0.1, 0.15) is 19.8 Å². The number of hydrogen-bond acceptors (Lipinski definition) is 4. The smallest absolute Gasteiger partial charge is 0.260 e. The van der Waals surface area contributed by atoms with Crippen LogP contribution in [0.25, 0.3) is 0 Å². The van der Waals surface area contributed by atoms with E-state index in [2.05, 4.69) is 15.3 Å². The van der Waals surface area contributed by atoms with Crippen LogP contribution in [0.2, 0.25) is 0 Å². The predicted molar refractivity (Wildman–Crippen MR) is 64.2 cm³/mol. The highest BCUT2D eigenvalue weighted by Gasteiger charge is 2.30. The lowest BCUT2D eigenvalue weighted by Gasteiger charge is -2.30. The summed E-state index contributed by atoms with van der Waals surface area (Å²) in [4.78, 5) is 17.2. The fraction of sp³-hybridized carbons (Fsp3) is 0.600. The maximum atomic E-state index is 12.1. The highest BCUT2D eigenvalue weighted by molar-refractivity contribution is 7.89. The maximum absolute atomic E-state index is 12.1. The van der Waals surface area contributed by atoms with Gasteiger partial charge in [-0.25, -0.2) is 13.4 Å². The minimum absolute atomic E-state index is 0.0655. The number of H-pyrrole nitrogens is 1. The van der Waals surface area contributed by atoms with Crippen LogP contribution in [-0.4, -0.2) is 47.7 Å². The van der Waals surface area contributed by atoms with Crippen LogP contribution < -0.4 is 5.32 Å². The van der Waals surface area contributed by atoms with Crippen molar-refractivity contribution in [2.45, 2.75) is 30.8 Å². The highest BCUT2D eigenvalue weighted by Crippen LogP contribution is 2.18. The third kappa shape index (κ3) is 2.70. The summed E-state index contributed by atoms with van der Waals surface area (Å²) in [6.07, 6.45) is 3.91. The Kier molecular flexibility index (Phi) is 3.67. The number of imidazole rings is 1. The molecular formula is C10H16N4O3S. The number of carbonyl (C=O) groups is 1. The van der Waals surface area contributed by atoms with Crippen LogP contribution in [0.15, 0.2) is 17.6 Å². The summed E-state index contributed by atoms with van der Waals surface area (Å²) in [6, 6.07) is 0.0655. The van der Waals surface area contributed by atoms with Crippen molar-refractivity contribution >= 4 is 15.9 Å². The van der Waals surface area contributed by atoms with E-state index in [1.54, 1.807) is 0 Å². The molecule has 7 nitrogen and oxygen atoms in total. The normalized spacial score (nSPS) is 18.7. The maximum Gasteiger partial charge on any atom is 0.260 e. The second-order valence-corrected chi connectivity index (χ2v) is 6.20. The molecule has 1 aromatic rings. The molecule has 1 amide bonds. The van der Waals surface area contributed by atoms with Gasteiger partial charge in [0.2, 0.25) is 5.91 Å². The van der Waals surface area contributed by atoms with Crippen molar-refractivity contribution in [2.75, 3.05) is 13.1 Å². The number of sulfonamides is 1. The van der Waals surface area contributed by atoms with Crippen LogP contribution in [0, 0.1) is 0 Å². The third-order valence-electron chi connectivity index (χ3n) is 2.95. The summed E-state index contributed by atoms with van der Waals surface area (Å²) in [5.41, 5.74) is 0. The van der Waals surface area contributed by atoms with Crippen LogP contribution in [0.4, 0.5) is 0 Å². The topological polar surface area (TPSA) is 95.2 Å². The van der Waals surface area contributed by atoms with E-state index in [1.807, 2.05) is 0 Å². The number of nitrogens with one attached hydrogen (secondary N) is 2. The molecule has 0 aromatic carbocycles. The Bertz CT molecular complexity index is 503. The van der Waals surface area contributed by atoms with E-state index in [0.29, 0.717) is 25.9 Å². The molecule has 1 saturated heterocycles. The molecular weight excluding hydrogens is 256 g/mol. The molecule has 1 aromatic heterocycles. The highest BCUT2D eigenvalue weighted by atomic mass is 32.2. The quantitative estimate of drug-likeness (QED) is 0.789. The van der Waals surface area contributed by atoms with Gasteiger partial charge in [-0.1, -0.05) is 0 Å². The molecule has 2 N–H and O–H groups in total. The van der Waals surface area contributed by atoms with E-state index in [0.717, 1.165) is 0 Å². The summed E-state index contributed by atoms with van der Waals surface area (Å²) < 4.78 is 25.7. The van der Waals surface area contributed by atoms with Gasteiger partial charge < -0.3 is 10.3 Å². The molecule has 0 radical (unpaired) electrons. The number of amides is 1. The first-order valence-electron chi connectivity index (χ1n) is 5.76. The van der Waals surface area contributed by atoms with Crippen LogP contribution in [0.5, 0.6) is 0 Å². The molecule has 1 aliphatic heterocycles. The molecule has 0 unspecified atom stereocenters. The largest absolute Gasteiger partial charge is 0.354 e. The van der Waals surface area contributed by atoms with E-state index in [1.165, 1.54) is 23.8 Å². The average molecular weight is 272 g/mol. The second kappa shape index (κ2) is 5.07. The van der Waals surface area contributed by atoms with E-state index < -0.39 is 10.0 Å². The third-order valence-corrected chi connectivity index (χ3v) is 4.78. The molecule has 0 saturated carbocycles. The SMILES string of the molecule is CC(=O)NC1CCN(S(=O)(=O)c2cnc[nH]2)CC1. The Labute approximate surface area is 106 Å². The molecule has 18 heavy (non-hydrogen) atoms. The molecule has 2 rings (SSSR count). The monoisotopic (exact) mass is 272 g/mol. The minimum Gasteiger partial charge on any atom is -0.354 e. The van der Waals surface area contributed by atoms with E-state index in [-0.39, 0.29) is 17.0 Å². The van der Waals surface area contributed by atoms with Gasteiger partial charge in [-0.05, 0) is 12.8 Å². The van der Waals surface area contributed by atoms with E-state index in [4.69, 9.17) is 0 Å². The van der Waals surface area contributed by atoms with Gasteiger partial charge in [0.25, 0.3) is 10.0 Å². The van der Waals surface area contributed by atoms with Crippen molar-refractivity contribution in [1.29, 1.82) is 0 Å². The van der Waals surface area contributed by atoms with Gasteiger partial charge in [0.05, 0.1) is 12.5 Å². The number of piperidine rings is 1. The fourth-order valence-electron chi connectivity index (χ4n) is 2.05. The number of aromatic nitrogens is 2. The summed E-state index contributed by atoms with van der Waals surface area (Å²) in [6.45, 7) is 2.28. The molecule has 0 bridgehead atoms. The predicted octanol–water partition coefficient (Wildman–Crippen LogP) is -0.301. The fourth-order valence-corrected chi connectivity index (χ4v) is 3.42. The minimum atomic E-state index is -3.47. The Morgan fingerprint density at radius 2 is 2.17 bits per heavy atom. The van der Waals surface area contributed by atoms with Crippen LogP contribution >= 0.6 is 0 Å². The number of rotatable bonds is 3. The molecule has 0 aliphatic carbocycles. The lowest BCUT2D eigenvalue weighted by atomic mass is 10.1. The second-order valence-electron chi connectivity index (χ2n) is 4.29. The summed E-state index contributed by atoms with van der Waals surface area (Å²) in [5, 5.41) is 2.92. The van der Waals surface area contributed by atoms with Gasteiger partial charge in [-0.15, -0.1) is 0 Å². The van der Waals surface area contributed by atoms with Crippen molar-refractivity contribution in [3.05, 3.63) is 12.5 Å². The zero-order valence-electron chi connectivity index (χ0n) is 10.1. The van der Waals surface area contributed by atoms with Gasteiger partial charge in [0, 0.05) is 26.1 Å². The molecule has 0 atom stereocenters. The Morgan fingerprint density at radius 3 is 2.67 bits per heavy atom. The molecule has 1 aliphatic rings. The lowest BCUT2D eigenvalue weighted by molar-refractivity contribution is -0.119. The first kappa shape index (κ1) is 13.0. The lowest BCUT2D eigenvalue weighted by Crippen LogP contribution is -2.46. The standard InChI is InChI=1S/C10H16N4O3S/c1-8(15)13-9-2-4-14(5-3-9)18(16,17)10-6-11-7-12-10/h6-7,9H,2-5H2,1H3,(H,11,12)(H,13,15). The average Bonchev–Trinajstić information content (AvgIpc) is 2.83. The summed E-state index contributed by atoms with van der Waals surface area (Å²) >= 11 is 0. The van der Waals surface area contributed by atoms with Gasteiger partial charge in [-0.2, -0.15) is 4.31 Å². The number of aromatic amines is 1. The first-order chi connectivity index (χ1) is 8.50. The van der Waals surface area contributed by atoms with E-state index in [9.17, 15) is 13.2 Å². The molecule has 2 heterocycles. The van der Waals surface area contributed by atoms with E-state index >= 15 is 0 Å². The molecule has 1 fully saturated rings. The van der Waals surface area contributed by atoms with Crippen molar-refractivity contribution in [2.24, 2.45) is 0 Å². The van der Waals surface area contributed by atoms with Crippen LogP contribution in [-0.2, 0) is 14.8 Å². The van der Waals surface area contributed by atoms with Gasteiger partial charge >= 0.3 is 0 Å². The summed E-state index contributed by atoms with van der Waals surface area (Å²) in [5.74, 6) is -0.0788. The number of carbonyl (C=O) groups excluding carboxylic acids is 1. The van der Waals surface area contributed by atoms with Gasteiger partial charge in [0.1, 0.15) is 0 Å². The zero-order valence-corrected chi connectivity index (χ0v) is 10.9. The molecule has 0 spiro atoms. The molecule has 100 valence electrons. The van der Waals surface area contributed by atoms with Crippen LogP contribution in [0.3, 0.4) is 0 Å². The molecule has 8 heteroatoms. The van der Waals surface area contributed by atoms with Crippen molar-refractivity contribution in [3.8, 4) is 0 Å². The van der Waals surface area contributed by atoms with Crippen molar-refractivity contribution < 1.29 is 13.2 Å². The Balaban J connectivity index is 2.00. The number of hydrogen-bond donors (Lipinski definition) is 2. The first-order valence-corrected chi connectivity index (χ1v) is 7.20. The van der Waals surface area contributed by atoms with Crippen molar-refractivity contribution in [1.82, 2.24) is 19.6 Å². The summed E-state index contributed by atoms with van der Waals surface area (Å²) in [7, 11) is -3.47. The Morgan fingerprint density at radius 1 is 1.50 bits per heavy atom. The van der Waals surface area contributed by atoms with Gasteiger partial charge in [-0.3, -0.25) is 4.79 Å². The van der Waals surface area contributed by atoms with Gasteiger partial charge in [0.15, 0.2) is 5.03 Å². The zero-order chi connectivity index (χ0) is 13.2. The Hall–Kier alpha value is -1.41. The number of nitrogens with zero attached hydrogens (tertiary/aromatic N) is 2. The van der Waals surface area contributed by atoms with Crippen molar-refractivity contribution in [3.63, 3.8) is 0 Å².